The van der Waals surface area contributed by atoms with E-state index in [1.807, 2.05) is 0 Å². The average molecular weight is 472 g/mol. The fourth-order valence-corrected chi connectivity index (χ4v) is 4.23. The Labute approximate surface area is 193 Å². The predicted molar refractivity (Wildman–Crippen MR) is 118 cm³/mol. The SMILES string of the molecule is NC(=O)CNC(=O)C1CCCN1c1ncnc(N2CCN(C(=O)c3ccco3)CC2)c1[N+](=O)[O-]. The molecule has 0 aliphatic carbocycles. The molecule has 1 unspecified atom stereocenters. The molecule has 3 amide bonds. The van der Waals surface area contributed by atoms with Crippen LogP contribution in [0, 0.1) is 10.1 Å². The molecule has 4 heterocycles. The molecule has 14 nitrogen and oxygen atoms in total. The second kappa shape index (κ2) is 9.72. The van der Waals surface area contributed by atoms with Crippen LogP contribution in [0.25, 0.3) is 0 Å². The number of amides is 3. The zero-order valence-corrected chi connectivity index (χ0v) is 18.3. The summed E-state index contributed by atoms with van der Waals surface area (Å²) in [4.78, 5) is 60.9. The van der Waals surface area contributed by atoms with Gasteiger partial charge in [-0.05, 0) is 25.0 Å². The van der Waals surface area contributed by atoms with Gasteiger partial charge in [-0.25, -0.2) is 9.97 Å². The highest BCUT2D eigenvalue weighted by Gasteiger charge is 2.39. The summed E-state index contributed by atoms with van der Waals surface area (Å²) in [5, 5.41) is 14.5. The van der Waals surface area contributed by atoms with E-state index in [0.29, 0.717) is 45.6 Å². The predicted octanol–water partition coefficient (Wildman–Crippen LogP) is -0.489. The Kier molecular flexibility index (Phi) is 6.56. The quantitative estimate of drug-likeness (QED) is 0.394. The molecule has 3 N–H and O–H groups in total. The van der Waals surface area contributed by atoms with Crippen molar-refractivity contribution in [3.63, 3.8) is 0 Å². The smallest absolute Gasteiger partial charge is 0.353 e. The molecular weight excluding hydrogens is 448 g/mol. The molecule has 0 saturated carbocycles. The fourth-order valence-electron chi connectivity index (χ4n) is 4.23. The third-order valence-electron chi connectivity index (χ3n) is 5.83. The van der Waals surface area contributed by atoms with Gasteiger partial charge in [-0.1, -0.05) is 0 Å². The summed E-state index contributed by atoms with van der Waals surface area (Å²) in [5.41, 5.74) is 4.79. The number of nitrogens with one attached hydrogen (secondary N) is 1. The van der Waals surface area contributed by atoms with E-state index in [1.54, 1.807) is 26.8 Å². The van der Waals surface area contributed by atoms with E-state index in [2.05, 4.69) is 15.3 Å². The normalized spacial score (nSPS) is 18.1. The highest BCUT2D eigenvalue weighted by Crippen LogP contribution is 2.37. The summed E-state index contributed by atoms with van der Waals surface area (Å²) >= 11 is 0. The van der Waals surface area contributed by atoms with Gasteiger partial charge >= 0.3 is 5.69 Å². The van der Waals surface area contributed by atoms with E-state index in [0.717, 1.165) is 0 Å². The minimum absolute atomic E-state index is 0.0424. The number of nitrogens with two attached hydrogens (primary N) is 1. The van der Waals surface area contributed by atoms with Gasteiger partial charge in [0.15, 0.2) is 5.76 Å². The van der Waals surface area contributed by atoms with Gasteiger partial charge in [-0.15, -0.1) is 0 Å². The second-order valence-electron chi connectivity index (χ2n) is 7.92. The molecule has 0 aromatic carbocycles. The molecule has 4 rings (SSSR count). The summed E-state index contributed by atoms with van der Waals surface area (Å²) < 4.78 is 5.16. The van der Waals surface area contributed by atoms with Crippen molar-refractivity contribution in [2.75, 3.05) is 49.1 Å². The Hall–Kier alpha value is -4.23. The number of nitro groups is 1. The lowest BCUT2D eigenvalue weighted by atomic mass is 10.2. The van der Waals surface area contributed by atoms with Gasteiger partial charge in [0, 0.05) is 32.7 Å². The van der Waals surface area contributed by atoms with Crippen LogP contribution in [0.2, 0.25) is 0 Å². The third kappa shape index (κ3) is 4.60. The van der Waals surface area contributed by atoms with E-state index in [9.17, 15) is 24.5 Å². The van der Waals surface area contributed by atoms with Crippen molar-refractivity contribution >= 4 is 35.0 Å². The number of carbonyl (C=O) groups excluding carboxylic acids is 3. The van der Waals surface area contributed by atoms with Gasteiger partial charge in [0.25, 0.3) is 5.91 Å². The number of furan rings is 1. The molecule has 1 atom stereocenters. The largest absolute Gasteiger partial charge is 0.459 e. The summed E-state index contributed by atoms with van der Waals surface area (Å²) in [6, 6.07) is 2.50. The van der Waals surface area contributed by atoms with Crippen LogP contribution in [0.3, 0.4) is 0 Å². The summed E-state index contributed by atoms with van der Waals surface area (Å²) in [6.45, 7) is 1.38. The van der Waals surface area contributed by atoms with Gasteiger partial charge in [0.2, 0.25) is 23.5 Å². The zero-order chi connectivity index (χ0) is 24.2. The van der Waals surface area contributed by atoms with Gasteiger partial charge in [-0.2, -0.15) is 0 Å². The number of carbonyl (C=O) groups is 3. The lowest BCUT2D eigenvalue weighted by molar-refractivity contribution is -0.383. The van der Waals surface area contributed by atoms with Crippen molar-refractivity contribution in [2.24, 2.45) is 5.73 Å². The molecular formula is C20H24N8O6. The topological polar surface area (TPSA) is 181 Å². The first-order chi connectivity index (χ1) is 16.4. The Morgan fingerprint density at radius 3 is 2.56 bits per heavy atom. The van der Waals surface area contributed by atoms with Crippen molar-refractivity contribution in [2.45, 2.75) is 18.9 Å². The van der Waals surface area contributed by atoms with Gasteiger partial charge in [-0.3, -0.25) is 24.5 Å². The van der Waals surface area contributed by atoms with Crippen molar-refractivity contribution in [3.8, 4) is 0 Å². The van der Waals surface area contributed by atoms with E-state index in [-0.39, 0.29) is 35.5 Å². The van der Waals surface area contributed by atoms with Crippen LogP contribution in [0.1, 0.15) is 23.4 Å². The summed E-state index contributed by atoms with van der Waals surface area (Å²) in [6.07, 6.45) is 3.73. The van der Waals surface area contributed by atoms with Crippen LogP contribution >= 0.6 is 0 Å². The molecule has 2 fully saturated rings. The van der Waals surface area contributed by atoms with Crippen molar-refractivity contribution in [1.82, 2.24) is 20.2 Å². The maximum atomic E-state index is 12.6. The van der Waals surface area contributed by atoms with Crippen molar-refractivity contribution in [1.29, 1.82) is 0 Å². The Bertz CT molecular complexity index is 1080. The Morgan fingerprint density at radius 2 is 1.91 bits per heavy atom. The highest BCUT2D eigenvalue weighted by molar-refractivity contribution is 5.92. The molecule has 2 saturated heterocycles. The van der Waals surface area contributed by atoms with Gasteiger partial charge < -0.3 is 30.2 Å². The molecule has 2 aromatic heterocycles. The van der Waals surface area contributed by atoms with Crippen LogP contribution in [-0.4, -0.2) is 82.8 Å². The monoisotopic (exact) mass is 472 g/mol. The standard InChI is InChI=1S/C20H24N8O6/c21-15(29)11-22-19(30)13-3-1-5-27(13)18-16(28(32)33)17(23-12-24-18)25-6-8-26(9-7-25)20(31)14-4-2-10-34-14/h2,4,10,12-13H,1,3,5-9,11H2,(H2,21,29)(H,22,30). The van der Waals surface area contributed by atoms with E-state index in [4.69, 9.17) is 10.2 Å². The first-order valence-electron chi connectivity index (χ1n) is 10.8. The number of aromatic nitrogens is 2. The van der Waals surface area contributed by atoms with E-state index >= 15 is 0 Å². The Balaban J connectivity index is 1.54. The molecule has 180 valence electrons. The summed E-state index contributed by atoms with van der Waals surface area (Å²) in [5.74, 6) is -0.972. The number of rotatable bonds is 7. The number of hydrogen-bond acceptors (Lipinski definition) is 10. The minimum atomic E-state index is -0.719. The maximum Gasteiger partial charge on any atom is 0.353 e. The number of anilines is 2. The molecule has 0 bridgehead atoms. The first-order valence-corrected chi connectivity index (χ1v) is 10.8. The van der Waals surface area contributed by atoms with Gasteiger partial charge in [0.05, 0.1) is 17.7 Å². The van der Waals surface area contributed by atoms with Crippen LogP contribution in [0.4, 0.5) is 17.3 Å². The molecule has 34 heavy (non-hydrogen) atoms. The molecule has 14 heteroatoms. The van der Waals surface area contributed by atoms with Crippen molar-refractivity contribution in [3.05, 3.63) is 40.6 Å². The molecule has 0 spiro atoms. The van der Waals surface area contributed by atoms with Crippen molar-refractivity contribution < 1.29 is 23.7 Å². The second-order valence-corrected chi connectivity index (χ2v) is 7.92. The molecule has 2 aliphatic rings. The first kappa shape index (κ1) is 22.9. The lowest BCUT2D eigenvalue weighted by Crippen LogP contribution is -2.49. The fraction of sp³-hybridized carbons (Fsp3) is 0.450. The van der Waals surface area contributed by atoms with Gasteiger partial charge in [0.1, 0.15) is 12.4 Å². The number of nitrogens with zero attached hydrogens (tertiary/aromatic N) is 6. The third-order valence-corrected chi connectivity index (χ3v) is 5.83. The molecule has 2 aliphatic heterocycles. The maximum absolute atomic E-state index is 12.6. The average Bonchev–Trinajstić information content (AvgIpc) is 3.54. The van der Waals surface area contributed by atoms with E-state index < -0.39 is 22.8 Å². The Morgan fingerprint density at radius 1 is 1.18 bits per heavy atom. The molecule has 0 radical (unpaired) electrons. The van der Waals surface area contributed by atoms with Crippen LogP contribution < -0.4 is 20.9 Å². The summed E-state index contributed by atoms with van der Waals surface area (Å²) in [7, 11) is 0. The van der Waals surface area contributed by atoms with Crippen LogP contribution in [0.15, 0.2) is 29.1 Å². The van der Waals surface area contributed by atoms with Crippen LogP contribution in [-0.2, 0) is 9.59 Å². The minimum Gasteiger partial charge on any atom is -0.459 e. The highest BCUT2D eigenvalue weighted by atomic mass is 16.6. The number of piperazine rings is 1. The van der Waals surface area contributed by atoms with Crippen LogP contribution in [0.5, 0.6) is 0 Å². The molecule has 2 aromatic rings. The zero-order valence-electron chi connectivity index (χ0n) is 18.3. The number of hydrogen-bond donors (Lipinski definition) is 2. The van der Waals surface area contributed by atoms with E-state index in [1.165, 1.54) is 12.6 Å². The lowest BCUT2D eigenvalue weighted by Gasteiger charge is -2.35. The number of primary amides is 1.